The highest BCUT2D eigenvalue weighted by molar-refractivity contribution is 5.79. The fourth-order valence-electron chi connectivity index (χ4n) is 2.77. The molecule has 0 aliphatic heterocycles. The molecule has 0 saturated heterocycles. The molecule has 0 aliphatic carbocycles. The Morgan fingerprint density at radius 3 is 2.69 bits per heavy atom. The second kappa shape index (κ2) is 10.5. The lowest BCUT2D eigenvalue weighted by atomic mass is 10.1. The third kappa shape index (κ3) is 7.17. The van der Waals surface area contributed by atoms with Gasteiger partial charge in [0.2, 0.25) is 5.88 Å². The van der Waals surface area contributed by atoms with E-state index in [0.29, 0.717) is 18.3 Å². The van der Waals surface area contributed by atoms with Crippen molar-refractivity contribution in [3.63, 3.8) is 0 Å². The Bertz CT molecular complexity index is 667. The van der Waals surface area contributed by atoms with Crippen molar-refractivity contribution in [2.24, 2.45) is 10.9 Å². The maximum absolute atomic E-state index is 5.92. The lowest BCUT2D eigenvalue weighted by Crippen LogP contribution is -2.38. The number of rotatable bonds is 9. The number of ether oxygens (including phenoxy) is 1. The van der Waals surface area contributed by atoms with E-state index in [-0.39, 0.29) is 6.10 Å². The first kappa shape index (κ1) is 19.8. The number of hydrogen-bond donors (Lipinski definition) is 2. The molecule has 0 amide bonds. The summed E-state index contributed by atoms with van der Waals surface area (Å²) in [6.07, 6.45) is 7.07. The van der Waals surface area contributed by atoms with Gasteiger partial charge >= 0.3 is 0 Å². The normalized spacial score (nSPS) is 12.9. The average Bonchev–Trinajstić information content (AvgIpc) is 3.11. The summed E-state index contributed by atoms with van der Waals surface area (Å²) in [5.41, 5.74) is 1.11. The summed E-state index contributed by atoms with van der Waals surface area (Å²) in [5, 5.41) is 6.64. The summed E-state index contributed by atoms with van der Waals surface area (Å²) >= 11 is 0. The van der Waals surface area contributed by atoms with Crippen LogP contribution in [-0.2, 0) is 13.1 Å². The van der Waals surface area contributed by atoms with E-state index in [9.17, 15) is 0 Å². The van der Waals surface area contributed by atoms with E-state index in [1.54, 1.807) is 13.2 Å². The smallest absolute Gasteiger partial charge is 0.213 e. The Labute approximate surface area is 156 Å². The maximum Gasteiger partial charge on any atom is 0.213 e. The zero-order chi connectivity index (χ0) is 18.8. The fraction of sp³-hybridized carbons (Fsp3) is 0.500. The van der Waals surface area contributed by atoms with Crippen molar-refractivity contribution in [2.75, 3.05) is 13.6 Å². The van der Waals surface area contributed by atoms with E-state index < -0.39 is 0 Å². The van der Waals surface area contributed by atoms with Gasteiger partial charge in [-0.3, -0.25) is 4.99 Å². The number of nitrogens with one attached hydrogen (secondary N) is 2. The van der Waals surface area contributed by atoms with Crippen LogP contribution in [0.25, 0.3) is 0 Å². The number of hydrogen-bond acceptors (Lipinski definition) is 3. The summed E-state index contributed by atoms with van der Waals surface area (Å²) in [5.74, 6) is 2.06. The number of aliphatic imine (C=N–C) groups is 1. The molecule has 2 aromatic rings. The van der Waals surface area contributed by atoms with Gasteiger partial charge in [-0.15, -0.1) is 0 Å². The minimum atomic E-state index is 0.161. The topological polar surface area (TPSA) is 63.5 Å². The van der Waals surface area contributed by atoms with Crippen LogP contribution in [0.4, 0.5) is 0 Å². The molecule has 6 nitrogen and oxygen atoms in total. The van der Waals surface area contributed by atoms with Crippen LogP contribution in [0.1, 0.15) is 32.8 Å². The molecule has 0 aliphatic rings. The molecule has 0 spiro atoms. The Morgan fingerprint density at radius 1 is 1.23 bits per heavy atom. The van der Waals surface area contributed by atoms with Gasteiger partial charge in [0.15, 0.2) is 5.96 Å². The van der Waals surface area contributed by atoms with Crippen LogP contribution < -0.4 is 15.4 Å². The van der Waals surface area contributed by atoms with Gasteiger partial charge in [0.1, 0.15) is 0 Å². The number of pyridine rings is 1. The van der Waals surface area contributed by atoms with Gasteiger partial charge in [-0.1, -0.05) is 13.8 Å². The molecule has 0 fully saturated rings. The van der Waals surface area contributed by atoms with E-state index in [1.165, 1.54) is 0 Å². The van der Waals surface area contributed by atoms with Gasteiger partial charge in [0, 0.05) is 51.3 Å². The van der Waals surface area contributed by atoms with E-state index in [4.69, 9.17) is 4.74 Å². The van der Waals surface area contributed by atoms with Gasteiger partial charge in [-0.2, -0.15) is 0 Å². The number of nitrogens with zero attached hydrogens (tertiary/aromatic N) is 3. The Morgan fingerprint density at radius 2 is 2.00 bits per heavy atom. The van der Waals surface area contributed by atoms with E-state index in [1.807, 2.05) is 24.3 Å². The number of guanidine groups is 1. The molecule has 1 unspecified atom stereocenters. The number of aromatic nitrogens is 2. The SMILES string of the molecule is CN=C(NCCn1cccc1)NCc1ccnc(OC(C)CC(C)C)c1. The predicted molar refractivity (Wildman–Crippen MR) is 106 cm³/mol. The van der Waals surface area contributed by atoms with Crippen molar-refractivity contribution in [1.29, 1.82) is 0 Å². The van der Waals surface area contributed by atoms with Crippen LogP contribution in [0.15, 0.2) is 47.8 Å². The van der Waals surface area contributed by atoms with Crippen LogP contribution in [-0.4, -0.2) is 35.2 Å². The standard InChI is InChI=1S/C20H31N5O/c1-16(2)13-17(3)26-19-14-18(7-8-22-19)15-24-20(21-4)23-9-12-25-10-5-6-11-25/h5-8,10-11,14,16-17H,9,12-13,15H2,1-4H3,(H2,21,23,24). The van der Waals surface area contributed by atoms with E-state index >= 15 is 0 Å². The largest absolute Gasteiger partial charge is 0.475 e. The molecule has 2 rings (SSSR count). The summed E-state index contributed by atoms with van der Waals surface area (Å²) in [7, 11) is 1.78. The monoisotopic (exact) mass is 357 g/mol. The van der Waals surface area contributed by atoms with Gasteiger partial charge in [-0.25, -0.2) is 4.98 Å². The Balaban J connectivity index is 1.78. The van der Waals surface area contributed by atoms with Gasteiger partial charge in [-0.05, 0) is 43.0 Å². The molecule has 26 heavy (non-hydrogen) atoms. The highest BCUT2D eigenvalue weighted by Gasteiger charge is 2.08. The minimum Gasteiger partial charge on any atom is -0.475 e. The quantitative estimate of drug-likeness (QED) is 0.535. The second-order valence-electron chi connectivity index (χ2n) is 6.83. The molecule has 0 aromatic carbocycles. The van der Waals surface area contributed by atoms with Gasteiger partial charge in [0.05, 0.1) is 6.10 Å². The van der Waals surface area contributed by atoms with E-state index in [2.05, 4.69) is 58.3 Å². The average molecular weight is 358 g/mol. The Kier molecular flexibility index (Phi) is 7.99. The summed E-state index contributed by atoms with van der Waals surface area (Å²) in [6.45, 7) is 8.86. The molecule has 6 heteroatoms. The van der Waals surface area contributed by atoms with Crippen molar-refractivity contribution in [1.82, 2.24) is 20.2 Å². The third-order valence-corrected chi connectivity index (χ3v) is 3.94. The lowest BCUT2D eigenvalue weighted by molar-refractivity contribution is 0.185. The molecule has 0 bridgehead atoms. The van der Waals surface area contributed by atoms with Crippen LogP contribution >= 0.6 is 0 Å². The predicted octanol–water partition coefficient (Wildman–Crippen LogP) is 3.06. The third-order valence-electron chi connectivity index (χ3n) is 3.94. The lowest BCUT2D eigenvalue weighted by Gasteiger charge is -2.16. The molecular weight excluding hydrogens is 326 g/mol. The highest BCUT2D eigenvalue weighted by atomic mass is 16.5. The summed E-state index contributed by atoms with van der Waals surface area (Å²) in [6, 6.07) is 8.02. The van der Waals surface area contributed by atoms with Crippen LogP contribution in [0.2, 0.25) is 0 Å². The molecule has 2 aromatic heterocycles. The van der Waals surface area contributed by atoms with Crippen molar-refractivity contribution < 1.29 is 4.74 Å². The first-order chi connectivity index (χ1) is 12.6. The molecule has 0 radical (unpaired) electrons. The van der Waals surface area contributed by atoms with Crippen molar-refractivity contribution in [2.45, 2.75) is 46.4 Å². The summed E-state index contributed by atoms with van der Waals surface area (Å²) < 4.78 is 8.05. The molecule has 2 N–H and O–H groups in total. The van der Waals surface area contributed by atoms with Gasteiger partial charge < -0.3 is 19.9 Å². The Hall–Kier alpha value is -2.50. The van der Waals surface area contributed by atoms with Crippen LogP contribution in [0.3, 0.4) is 0 Å². The molecule has 142 valence electrons. The molecule has 0 saturated carbocycles. The molecular formula is C20H31N5O. The zero-order valence-corrected chi connectivity index (χ0v) is 16.3. The van der Waals surface area contributed by atoms with E-state index in [0.717, 1.165) is 31.0 Å². The molecule has 1 atom stereocenters. The maximum atomic E-state index is 5.92. The molecule has 2 heterocycles. The summed E-state index contributed by atoms with van der Waals surface area (Å²) in [4.78, 5) is 8.58. The first-order valence-electron chi connectivity index (χ1n) is 9.23. The van der Waals surface area contributed by atoms with Crippen LogP contribution in [0, 0.1) is 5.92 Å². The van der Waals surface area contributed by atoms with Crippen LogP contribution in [0.5, 0.6) is 5.88 Å². The highest BCUT2D eigenvalue weighted by Crippen LogP contribution is 2.14. The van der Waals surface area contributed by atoms with Gasteiger partial charge in [0.25, 0.3) is 0 Å². The zero-order valence-electron chi connectivity index (χ0n) is 16.3. The van der Waals surface area contributed by atoms with Crippen molar-refractivity contribution in [3.05, 3.63) is 48.4 Å². The first-order valence-corrected chi connectivity index (χ1v) is 9.23. The van der Waals surface area contributed by atoms with Crippen molar-refractivity contribution in [3.8, 4) is 5.88 Å². The fourth-order valence-corrected chi connectivity index (χ4v) is 2.77. The second-order valence-corrected chi connectivity index (χ2v) is 6.83. The minimum absolute atomic E-state index is 0.161. The van der Waals surface area contributed by atoms with Crippen molar-refractivity contribution >= 4 is 5.96 Å².